The summed E-state index contributed by atoms with van der Waals surface area (Å²) >= 11 is 0. The maximum absolute atomic E-state index is 12.6. The van der Waals surface area contributed by atoms with Crippen molar-refractivity contribution in [2.24, 2.45) is 0 Å². The summed E-state index contributed by atoms with van der Waals surface area (Å²) in [5.41, 5.74) is 1.28. The Morgan fingerprint density at radius 3 is 2.42 bits per heavy atom. The number of likely N-dealkylation sites (tertiary alicyclic amines) is 1. The first kappa shape index (κ1) is 21.6. The van der Waals surface area contributed by atoms with Gasteiger partial charge in [0.1, 0.15) is 18.0 Å². The highest BCUT2D eigenvalue weighted by Gasteiger charge is 2.39. The molecule has 2 aromatic rings. The molecule has 0 aromatic carbocycles. The minimum Gasteiger partial charge on any atom is -0.371 e. The Balaban J connectivity index is 1.28. The van der Waals surface area contributed by atoms with E-state index in [1.807, 2.05) is 30.0 Å². The molecule has 9 heteroatoms. The van der Waals surface area contributed by atoms with Crippen LogP contribution in [0.25, 0.3) is 0 Å². The third-order valence-corrected chi connectivity index (χ3v) is 5.66. The van der Waals surface area contributed by atoms with E-state index in [9.17, 15) is 9.59 Å². The molecule has 2 saturated heterocycles. The lowest BCUT2D eigenvalue weighted by Gasteiger charge is -2.21. The lowest BCUT2D eigenvalue weighted by atomic mass is 10.1. The van der Waals surface area contributed by atoms with Crippen molar-refractivity contribution in [1.29, 1.82) is 0 Å². The summed E-state index contributed by atoms with van der Waals surface area (Å²) in [4.78, 5) is 26.9. The zero-order valence-corrected chi connectivity index (χ0v) is 18.5. The van der Waals surface area contributed by atoms with Crippen LogP contribution in [-0.2, 0) is 26.2 Å². The van der Waals surface area contributed by atoms with Gasteiger partial charge in [0.2, 0.25) is 5.91 Å². The maximum atomic E-state index is 12.6. The highest BCUT2D eigenvalue weighted by molar-refractivity contribution is 5.94. The van der Waals surface area contributed by atoms with Crippen molar-refractivity contribution in [2.75, 3.05) is 26.3 Å². The van der Waals surface area contributed by atoms with E-state index < -0.39 is 0 Å². The molecule has 2 fully saturated rings. The number of amides is 2. The van der Waals surface area contributed by atoms with Gasteiger partial charge >= 0.3 is 0 Å². The Hall–Kier alpha value is -2.65. The van der Waals surface area contributed by atoms with Gasteiger partial charge in [-0.2, -0.15) is 0 Å². The van der Waals surface area contributed by atoms with Gasteiger partial charge in [0.25, 0.3) is 5.91 Å². The number of hydrogen-bond acceptors (Lipinski definition) is 6. The maximum Gasteiger partial charge on any atom is 0.253 e. The molecule has 168 valence electrons. The van der Waals surface area contributed by atoms with E-state index in [0.717, 1.165) is 5.69 Å². The van der Waals surface area contributed by atoms with E-state index in [1.54, 1.807) is 11.0 Å². The van der Waals surface area contributed by atoms with Crippen molar-refractivity contribution in [2.45, 2.75) is 57.9 Å². The molecule has 1 N–H and O–H groups in total. The molecule has 2 aliphatic heterocycles. The summed E-state index contributed by atoms with van der Waals surface area (Å²) in [7, 11) is 0. The zero-order chi connectivity index (χ0) is 22.2. The first-order chi connectivity index (χ1) is 14.7. The summed E-state index contributed by atoms with van der Waals surface area (Å²) in [6.07, 6.45) is 3.52. The first-order valence-corrected chi connectivity index (χ1v) is 10.6. The molecule has 0 spiro atoms. The number of nitrogens with zero attached hydrogens (tertiary/aromatic N) is 3. The van der Waals surface area contributed by atoms with Gasteiger partial charge < -0.3 is 28.8 Å². The number of rotatable bonds is 4. The van der Waals surface area contributed by atoms with Crippen LogP contribution in [0.1, 0.15) is 42.6 Å². The standard InChI is InChI=1S/C22H30N4O5/c1-14-7-17(31-24-14)8-20(27)25-10-18-19(11-25)30-13-16(12-29-18)23-21(28)15-5-6-26(9-15)22(2,3)4/h5-7,9,16,18-19H,8,10-13H2,1-4H3,(H,23,28)/t18-,19-/m0/s1. The van der Waals surface area contributed by atoms with Gasteiger partial charge in [0.15, 0.2) is 0 Å². The third-order valence-electron chi connectivity index (χ3n) is 5.66. The lowest BCUT2D eigenvalue weighted by Crippen LogP contribution is -2.41. The van der Waals surface area contributed by atoms with Crippen LogP contribution in [0.15, 0.2) is 29.0 Å². The summed E-state index contributed by atoms with van der Waals surface area (Å²) in [5.74, 6) is 0.371. The smallest absolute Gasteiger partial charge is 0.253 e. The zero-order valence-electron chi connectivity index (χ0n) is 18.5. The molecule has 0 aliphatic carbocycles. The van der Waals surface area contributed by atoms with Crippen molar-refractivity contribution in [1.82, 2.24) is 19.9 Å². The van der Waals surface area contributed by atoms with E-state index in [0.29, 0.717) is 37.6 Å². The van der Waals surface area contributed by atoms with Crippen molar-refractivity contribution in [3.8, 4) is 0 Å². The van der Waals surface area contributed by atoms with Gasteiger partial charge in [-0.05, 0) is 33.8 Å². The fourth-order valence-corrected chi connectivity index (χ4v) is 3.86. The third kappa shape index (κ3) is 4.99. The van der Waals surface area contributed by atoms with Gasteiger partial charge in [0.05, 0.1) is 36.9 Å². The fourth-order valence-electron chi connectivity index (χ4n) is 3.86. The van der Waals surface area contributed by atoms with E-state index >= 15 is 0 Å². The Morgan fingerprint density at radius 2 is 1.87 bits per heavy atom. The second kappa shape index (κ2) is 8.47. The van der Waals surface area contributed by atoms with E-state index in [2.05, 4.69) is 31.2 Å². The molecular formula is C22H30N4O5. The Morgan fingerprint density at radius 1 is 1.19 bits per heavy atom. The van der Waals surface area contributed by atoms with Gasteiger partial charge in [-0.3, -0.25) is 9.59 Å². The van der Waals surface area contributed by atoms with Gasteiger partial charge in [-0.1, -0.05) is 5.16 Å². The van der Waals surface area contributed by atoms with E-state index in [1.165, 1.54) is 0 Å². The van der Waals surface area contributed by atoms with Crippen LogP contribution >= 0.6 is 0 Å². The Kier molecular flexibility index (Phi) is 5.90. The summed E-state index contributed by atoms with van der Waals surface area (Å²) < 4.78 is 19.1. The summed E-state index contributed by atoms with van der Waals surface area (Å²) in [5, 5.41) is 6.81. The fraction of sp³-hybridized carbons (Fsp3) is 0.591. The van der Waals surface area contributed by atoms with Crippen molar-refractivity contribution >= 4 is 11.8 Å². The minimum absolute atomic E-state index is 0.0374. The quantitative estimate of drug-likeness (QED) is 0.790. The molecular weight excluding hydrogens is 400 g/mol. The number of fused-ring (bicyclic) bond motifs is 1. The lowest BCUT2D eigenvalue weighted by molar-refractivity contribution is -0.130. The Labute approximate surface area is 181 Å². The SMILES string of the molecule is Cc1cc(CC(=O)N2C[C@@H]3OCC(NC(=O)c4ccn(C(C)(C)C)c4)CO[C@H]3C2)on1. The van der Waals surface area contributed by atoms with E-state index in [4.69, 9.17) is 14.0 Å². The number of ether oxygens (including phenoxy) is 2. The van der Waals surface area contributed by atoms with Crippen LogP contribution < -0.4 is 5.32 Å². The van der Waals surface area contributed by atoms with E-state index in [-0.39, 0.29) is 42.0 Å². The predicted octanol–water partition coefficient (Wildman–Crippen LogP) is 1.51. The molecule has 4 heterocycles. The number of aromatic nitrogens is 2. The number of aryl methyl sites for hydroxylation is 1. The highest BCUT2D eigenvalue weighted by atomic mass is 16.6. The molecule has 0 bridgehead atoms. The molecule has 0 radical (unpaired) electrons. The highest BCUT2D eigenvalue weighted by Crippen LogP contribution is 2.22. The summed E-state index contributed by atoms with van der Waals surface area (Å²) in [6.45, 7) is 9.69. The van der Waals surface area contributed by atoms with Crippen molar-refractivity contribution in [3.05, 3.63) is 41.5 Å². The molecule has 31 heavy (non-hydrogen) atoms. The number of carbonyl (C=O) groups is 2. The molecule has 2 atom stereocenters. The largest absolute Gasteiger partial charge is 0.371 e. The van der Waals surface area contributed by atoms with Crippen LogP contribution in [0, 0.1) is 6.92 Å². The number of hydrogen-bond donors (Lipinski definition) is 1. The van der Waals surface area contributed by atoms with Crippen LogP contribution in [0.4, 0.5) is 0 Å². The van der Waals surface area contributed by atoms with Crippen LogP contribution in [0.5, 0.6) is 0 Å². The monoisotopic (exact) mass is 430 g/mol. The average Bonchev–Trinajstić information content (AvgIpc) is 3.41. The molecule has 0 saturated carbocycles. The molecule has 2 amide bonds. The molecule has 9 nitrogen and oxygen atoms in total. The molecule has 0 unspecified atom stereocenters. The normalized spacial score (nSPS) is 22.3. The predicted molar refractivity (Wildman–Crippen MR) is 112 cm³/mol. The topological polar surface area (TPSA) is 98.8 Å². The minimum atomic E-state index is -0.239. The second-order valence-electron chi connectivity index (χ2n) is 9.30. The number of nitrogens with one attached hydrogen (secondary N) is 1. The van der Waals surface area contributed by atoms with Crippen LogP contribution in [0.2, 0.25) is 0 Å². The molecule has 4 rings (SSSR count). The number of carbonyl (C=O) groups excluding carboxylic acids is 2. The average molecular weight is 431 g/mol. The van der Waals surface area contributed by atoms with Gasteiger partial charge in [-0.15, -0.1) is 0 Å². The summed E-state index contributed by atoms with van der Waals surface area (Å²) in [6, 6.07) is 3.34. The second-order valence-corrected chi connectivity index (χ2v) is 9.30. The first-order valence-electron chi connectivity index (χ1n) is 10.6. The van der Waals surface area contributed by atoms with Gasteiger partial charge in [-0.25, -0.2) is 0 Å². The van der Waals surface area contributed by atoms with Gasteiger partial charge in [0, 0.05) is 37.1 Å². The van der Waals surface area contributed by atoms with Crippen molar-refractivity contribution < 1.29 is 23.6 Å². The molecule has 2 aliphatic rings. The molecule has 2 aromatic heterocycles. The van der Waals surface area contributed by atoms with Crippen LogP contribution in [0.3, 0.4) is 0 Å². The van der Waals surface area contributed by atoms with Crippen molar-refractivity contribution in [3.63, 3.8) is 0 Å². The Bertz CT molecular complexity index is 928. The van der Waals surface area contributed by atoms with Crippen LogP contribution in [-0.4, -0.2) is 71.0 Å².